The average molecular weight is 409 g/mol. The third-order valence-corrected chi connectivity index (χ3v) is 8.46. The summed E-state index contributed by atoms with van der Waals surface area (Å²) in [6, 6.07) is 14.8. The van der Waals surface area contributed by atoms with Crippen molar-refractivity contribution in [3.63, 3.8) is 0 Å². The summed E-state index contributed by atoms with van der Waals surface area (Å²) in [5.41, 5.74) is 0.882. The van der Waals surface area contributed by atoms with Crippen molar-refractivity contribution in [2.45, 2.75) is 35.6 Å². The van der Waals surface area contributed by atoms with Gasteiger partial charge in [0.05, 0.1) is 9.79 Å². The first-order valence-corrected chi connectivity index (χ1v) is 11.8. The number of nitrogens with zero attached hydrogens (tertiary/aromatic N) is 2. The van der Waals surface area contributed by atoms with E-state index in [1.54, 1.807) is 0 Å². The molecule has 1 fully saturated rings. The Balaban J connectivity index is 1.79. The molecule has 27 heavy (non-hydrogen) atoms. The van der Waals surface area contributed by atoms with Crippen molar-refractivity contribution in [2.75, 3.05) is 20.1 Å². The lowest BCUT2D eigenvalue weighted by Crippen LogP contribution is -2.35. The van der Waals surface area contributed by atoms with Crippen LogP contribution in [0.4, 0.5) is 0 Å². The van der Waals surface area contributed by atoms with Gasteiger partial charge in [-0.3, -0.25) is 0 Å². The molecule has 1 saturated heterocycles. The topological polar surface area (TPSA) is 74.8 Å². The number of hydrogen-bond acceptors (Lipinski definition) is 4. The van der Waals surface area contributed by atoms with Crippen LogP contribution in [0.3, 0.4) is 0 Å². The maximum Gasteiger partial charge on any atom is 0.243 e. The van der Waals surface area contributed by atoms with Crippen LogP contribution in [-0.2, 0) is 26.6 Å². The fourth-order valence-corrected chi connectivity index (χ4v) is 5.82. The largest absolute Gasteiger partial charge is 0.243 e. The molecule has 2 aromatic carbocycles. The third-order valence-electron chi connectivity index (χ3n) is 4.73. The normalized spacial score (nSPS) is 16.5. The van der Waals surface area contributed by atoms with Crippen molar-refractivity contribution in [2.24, 2.45) is 0 Å². The Morgan fingerprint density at radius 1 is 0.815 bits per heavy atom. The van der Waals surface area contributed by atoms with Crippen LogP contribution in [0.25, 0.3) is 0 Å². The lowest BCUT2D eigenvalue weighted by Gasteiger charge is -2.26. The average Bonchev–Trinajstić information content (AvgIpc) is 2.69. The summed E-state index contributed by atoms with van der Waals surface area (Å²) in [6.45, 7) is 1.28. The van der Waals surface area contributed by atoms with Gasteiger partial charge in [-0.25, -0.2) is 16.8 Å². The minimum Gasteiger partial charge on any atom is -0.207 e. The zero-order chi connectivity index (χ0) is 19.5. The van der Waals surface area contributed by atoms with Crippen LogP contribution < -0.4 is 0 Å². The quantitative estimate of drug-likeness (QED) is 0.737. The zero-order valence-corrected chi connectivity index (χ0v) is 16.9. The van der Waals surface area contributed by atoms with Gasteiger partial charge in [-0.15, -0.1) is 0 Å². The highest BCUT2D eigenvalue weighted by Gasteiger charge is 2.27. The van der Waals surface area contributed by atoms with Crippen molar-refractivity contribution in [1.29, 1.82) is 0 Å². The Bertz CT molecular complexity index is 966. The summed E-state index contributed by atoms with van der Waals surface area (Å²) in [5.74, 6) is 0. The molecule has 0 bridgehead atoms. The second-order valence-corrected chi connectivity index (χ2v) is 10.7. The van der Waals surface area contributed by atoms with Crippen LogP contribution in [0.1, 0.15) is 24.8 Å². The molecule has 0 N–H and O–H groups in total. The van der Waals surface area contributed by atoms with Crippen LogP contribution in [0.5, 0.6) is 0 Å². The van der Waals surface area contributed by atoms with Crippen LogP contribution >= 0.6 is 0 Å². The Labute approximate surface area is 161 Å². The molecule has 1 heterocycles. The van der Waals surface area contributed by atoms with E-state index in [0.29, 0.717) is 13.1 Å². The summed E-state index contributed by atoms with van der Waals surface area (Å²) in [4.78, 5) is 0.215. The van der Waals surface area contributed by atoms with Crippen LogP contribution in [0, 0.1) is 0 Å². The Morgan fingerprint density at radius 2 is 1.37 bits per heavy atom. The molecule has 0 unspecified atom stereocenters. The molecule has 0 atom stereocenters. The molecule has 2 aromatic rings. The standard InChI is InChI=1S/C19H24N2O4S2/c1-20(16-17-8-4-2-5-9-17)26(22,23)18-10-12-19(13-11-18)27(24,25)21-14-6-3-7-15-21/h2,4-5,8-13H,3,6-7,14-16H2,1H3. The van der Waals surface area contributed by atoms with E-state index >= 15 is 0 Å². The van der Waals surface area contributed by atoms with Crippen molar-refractivity contribution < 1.29 is 16.8 Å². The number of hydrogen-bond donors (Lipinski definition) is 0. The molecule has 146 valence electrons. The van der Waals surface area contributed by atoms with Crippen molar-refractivity contribution in [1.82, 2.24) is 8.61 Å². The number of benzene rings is 2. The number of sulfonamides is 2. The summed E-state index contributed by atoms with van der Waals surface area (Å²) in [6.07, 6.45) is 2.75. The van der Waals surface area contributed by atoms with Crippen molar-refractivity contribution in [3.05, 3.63) is 60.2 Å². The summed E-state index contributed by atoms with van der Waals surface area (Å²) < 4.78 is 53.6. The number of piperidine rings is 1. The third kappa shape index (κ3) is 4.40. The van der Waals surface area contributed by atoms with E-state index in [-0.39, 0.29) is 16.3 Å². The molecule has 3 rings (SSSR count). The highest BCUT2D eigenvalue weighted by molar-refractivity contribution is 7.89. The number of rotatable bonds is 6. The first-order valence-electron chi connectivity index (χ1n) is 8.92. The highest BCUT2D eigenvalue weighted by Crippen LogP contribution is 2.23. The maximum atomic E-state index is 12.8. The summed E-state index contributed by atoms with van der Waals surface area (Å²) in [7, 11) is -5.75. The molecule has 8 heteroatoms. The lowest BCUT2D eigenvalue weighted by molar-refractivity contribution is 0.346. The smallest absolute Gasteiger partial charge is 0.207 e. The predicted octanol–water partition coefficient (Wildman–Crippen LogP) is 2.68. The van der Waals surface area contributed by atoms with Crippen molar-refractivity contribution >= 4 is 20.0 Å². The molecule has 0 aromatic heterocycles. The monoisotopic (exact) mass is 408 g/mol. The fraction of sp³-hybridized carbons (Fsp3) is 0.368. The zero-order valence-electron chi connectivity index (χ0n) is 15.3. The summed E-state index contributed by atoms with van der Waals surface area (Å²) in [5, 5.41) is 0. The van der Waals surface area contributed by atoms with Gasteiger partial charge >= 0.3 is 0 Å². The first-order chi connectivity index (χ1) is 12.8. The van der Waals surface area contributed by atoms with Gasteiger partial charge in [0, 0.05) is 26.7 Å². The van der Waals surface area contributed by atoms with Gasteiger partial charge in [0.15, 0.2) is 0 Å². The molecule has 0 amide bonds. The Hall–Kier alpha value is -1.74. The van der Waals surface area contributed by atoms with Gasteiger partial charge < -0.3 is 0 Å². The van der Waals surface area contributed by atoms with Gasteiger partial charge in [-0.1, -0.05) is 36.8 Å². The predicted molar refractivity (Wildman–Crippen MR) is 104 cm³/mol. The van der Waals surface area contributed by atoms with E-state index in [1.807, 2.05) is 30.3 Å². The van der Waals surface area contributed by atoms with E-state index in [4.69, 9.17) is 0 Å². The van der Waals surface area contributed by atoms with Crippen molar-refractivity contribution in [3.8, 4) is 0 Å². The van der Waals surface area contributed by atoms with E-state index in [1.165, 1.54) is 39.9 Å². The highest BCUT2D eigenvalue weighted by atomic mass is 32.2. The van der Waals surface area contributed by atoms with E-state index in [2.05, 4.69) is 0 Å². The lowest BCUT2D eigenvalue weighted by atomic mass is 10.2. The molecule has 1 aliphatic rings. The minimum atomic E-state index is -3.70. The van der Waals surface area contributed by atoms with Gasteiger partial charge in [-0.2, -0.15) is 8.61 Å². The molecule has 6 nitrogen and oxygen atoms in total. The van der Waals surface area contributed by atoms with Gasteiger partial charge in [0.25, 0.3) is 0 Å². The minimum absolute atomic E-state index is 0.0820. The molecule has 0 aliphatic carbocycles. The Morgan fingerprint density at radius 3 is 1.96 bits per heavy atom. The maximum absolute atomic E-state index is 12.8. The van der Waals surface area contributed by atoms with Crippen LogP contribution in [0.15, 0.2) is 64.4 Å². The second-order valence-electron chi connectivity index (χ2n) is 6.68. The Kier molecular flexibility index (Phi) is 6.00. The van der Waals surface area contributed by atoms with E-state index < -0.39 is 20.0 Å². The van der Waals surface area contributed by atoms with Gasteiger partial charge in [0.2, 0.25) is 20.0 Å². The van der Waals surface area contributed by atoms with E-state index in [9.17, 15) is 16.8 Å². The second kappa shape index (κ2) is 8.10. The molecule has 0 spiro atoms. The molecular weight excluding hydrogens is 384 g/mol. The molecular formula is C19H24N2O4S2. The molecule has 1 aliphatic heterocycles. The van der Waals surface area contributed by atoms with E-state index in [0.717, 1.165) is 24.8 Å². The first kappa shape index (κ1) is 20.0. The fourth-order valence-electron chi connectivity index (χ4n) is 3.14. The van der Waals surface area contributed by atoms with Gasteiger partial charge in [-0.05, 0) is 42.7 Å². The van der Waals surface area contributed by atoms with Crippen LogP contribution in [0.2, 0.25) is 0 Å². The molecule has 0 radical (unpaired) electrons. The SMILES string of the molecule is CN(Cc1ccccc1)S(=O)(=O)c1ccc(S(=O)(=O)N2CCCCC2)cc1. The summed E-state index contributed by atoms with van der Waals surface area (Å²) >= 11 is 0. The molecule has 0 saturated carbocycles. The van der Waals surface area contributed by atoms with Crippen LogP contribution in [-0.4, -0.2) is 45.6 Å². The van der Waals surface area contributed by atoms with Gasteiger partial charge in [0.1, 0.15) is 0 Å².